The van der Waals surface area contributed by atoms with Crippen LogP contribution < -0.4 is 5.43 Å². The standard InChI is InChI=1S/C21H24N2O7/c1-29-19(27)11-17(14-2-4-15(25)5-3-14)21-20(28)18(26)10-16(30-21)12-22-6-8-23(13-24)9-7-22/h2-5,10,13,17,25,28H,6-9,11-12H2,1H3. The number of benzene rings is 1. The molecule has 9 heteroatoms. The lowest BCUT2D eigenvalue weighted by Crippen LogP contribution is -2.45. The number of piperazine rings is 1. The van der Waals surface area contributed by atoms with Crippen LogP contribution in [0.2, 0.25) is 0 Å². The van der Waals surface area contributed by atoms with E-state index in [0.717, 1.165) is 6.41 Å². The van der Waals surface area contributed by atoms with Crippen molar-refractivity contribution in [3.05, 3.63) is 57.6 Å². The quantitative estimate of drug-likeness (QED) is 0.507. The van der Waals surface area contributed by atoms with Crippen molar-refractivity contribution in [2.45, 2.75) is 18.9 Å². The normalized spacial score (nSPS) is 15.6. The van der Waals surface area contributed by atoms with Crippen LogP contribution in [0.4, 0.5) is 0 Å². The minimum atomic E-state index is -0.766. The van der Waals surface area contributed by atoms with Crippen LogP contribution in [0, 0.1) is 0 Å². The largest absolute Gasteiger partial charge is 0.508 e. The van der Waals surface area contributed by atoms with E-state index in [2.05, 4.69) is 0 Å². The molecule has 2 heterocycles. The topological polar surface area (TPSA) is 121 Å². The summed E-state index contributed by atoms with van der Waals surface area (Å²) in [5.74, 6) is -1.50. The summed E-state index contributed by atoms with van der Waals surface area (Å²) in [6.07, 6.45) is 0.657. The smallest absolute Gasteiger partial charge is 0.306 e. The first-order chi connectivity index (χ1) is 14.4. The van der Waals surface area contributed by atoms with Crippen molar-refractivity contribution in [2.24, 2.45) is 0 Å². The van der Waals surface area contributed by atoms with Crippen LogP contribution in [0.15, 0.2) is 39.5 Å². The number of nitrogens with zero attached hydrogens (tertiary/aromatic N) is 2. The number of rotatable bonds is 7. The van der Waals surface area contributed by atoms with Gasteiger partial charge in [0.15, 0.2) is 5.76 Å². The molecule has 0 radical (unpaired) electrons. The molecule has 2 N–H and O–H groups in total. The van der Waals surface area contributed by atoms with E-state index in [1.54, 1.807) is 17.0 Å². The van der Waals surface area contributed by atoms with E-state index in [1.807, 2.05) is 4.90 Å². The molecule has 0 spiro atoms. The number of hydrogen-bond acceptors (Lipinski definition) is 8. The number of carbonyl (C=O) groups excluding carboxylic acids is 2. The lowest BCUT2D eigenvalue weighted by atomic mass is 9.92. The van der Waals surface area contributed by atoms with Gasteiger partial charge < -0.3 is 24.3 Å². The Hall–Kier alpha value is -3.33. The predicted molar refractivity (Wildman–Crippen MR) is 106 cm³/mol. The summed E-state index contributed by atoms with van der Waals surface area (Å²) >= 11 is 0. The Labute approximate surface area is 173 Å². The molecule has 1 amide bonds. The molecule has 0 aliphatic carbocycles. The lowest BCUT2D eigenvalue weighted by Gasteiger charge is -2.32. The van der Waals surface area contributed by atoms with Gasteiger partial charge in [-0.15, -0.1) is 0 Å². The number of phenolic OH excluding ortho intramolecular Hbond substituents is 1. The van der Waals surface area contributed by atoms with Crippen LogP contribution in [0.5, 0.6) is 11.5 Å². The molecule has 1 atom stereocenters. The molecule has 1 aliphatic rings. The lowest BCUT2D eigenvalue weighted by molar-refractivity contribution is -0.141. The third-order valence-corrected chi connectivity index (χ3v) is 5.15. The van der Waals surface area contributed by atoms with Crippen molar-refractivity contribution in [1.82, 2.24) is 9.80 Å². The highest BCUT2D eigenvalue weighted by Crippen LogP contribution is 2.34. The molecule has 1 aliphatic heterocycles. The average Bonchev–Trinajstić information content (AvgIpc) is 2.75. The summed E-state index contributed by atoms with van der Waals surface area (Å²) in [7, 11) is 1.25. The molecule has 0 bridgehead atoms. The molecule has 1 fully saturated rings. The van der Waals surface area contributed by atoms with Crippen LogP contribution in [0.3, 0.4) is 0 Å². The molecule has 0 saturated carbocycles. The van der Waals surface area contributed by atoms with Gasteiger partial charge in [-0.2, -0.15) is 0 Å². The van der Waals surface area contributed by atoms with Crippen LogP contribution in [-0.2, 0) is 20.9 Å². The minimum absolute atomic E-state index is 0.0277. The second kappa shape index (κ2) is 9.45. The van der Waals surface area contributed by atoms with E-state index in [4.69, 9.17) is 9.15 Å². The zero-order valence-corrected chi connectivity index (χ0v) is 16.6. The summed E-state index contributed by atoms with van der Waals surface area (Å²) in [6.45, 7) is 2.74. The molecule has 1 saturated heterocycles. The zero-order chi connectivity index (χ0) is 21.7. The molecule has 160 valence electrons. The van der Waals surface area contributed by atoms with Crippen molar-refractivity contribution < 1.29 is 29.0 Å². The van der Waals surface area contributed by atoms with Crippen LogP contribution in [0.25, 0.3) is 0 Å². The van der Waals surface area contributed by atoms with Crippen molar-refractivity contribution >= 4 is 12.4 Å². The summed E-state index contributed by atoms with van der Waals surface area (Å²) in [4.78, 5) is 39.0. The van der Waals surface area contributed by atoms with Gasteiger partial charge in [-0.3, -0.25) is 19.3 Å². The first-order valence-electron chi connectivity index (χ1n) is 9.54. The number of esters is 1. The number of phenols is 1. The molecule has 2 aromatic rings. The first kappa shape index (κ1) is 21.4. The summed E-state index contributed by atoms with van der Waals surface area (Å²) in [6, 6.07) is 7.31. The highest BCUT2D eigenvalue weighted by molar-refractivity contribution is 5.71. The molecule has 3 rings (SSSR count). The maximum atomic E-state index is 12.4. The second-order valence-corrected chi connectivity index (χ2v) is 7.13. The van der Waals surface area contributed by atoms with Crippen molar-refractivity contribution in [3.63, 3.8) is 0 Å². The Bertz CT molecular complexity index is 947. The van der Waals surface area contributed by atoms with Gasteiger partial charge in [-0.25, -0.2) is 0 Å². The number of hydrogen-bond donors (Lipinski definition) is 2. The highest BCUT2D eigenvalue weighted by atomic mass is 16.5. The van der Waals surface area contributed by atoms with Gasteiger partial charge in [0.05, 0.1) is 26.0 Å². The molecule has 9 nitrogen and oxygen atoms in total. The molecular formula is C21H24N2O7. The summed E-state index contributed by atoms with van der Waals surface area (Å²) in [5.41, 5.74) is -0.0279. The Morgan fingerprint density at radius 2 is 1.87 bits per heavy atom. The maximum absolute atomic E-state index is 12.4. The Kier molecular flexibility index (Phi) is 6.73. The van der Waals surface area contributed by atoms with Crippen LogP contribution >= 0.6 is 0 Å². The van der Waals surface area contributed by atoms with Gasteiger partial charge in [0, 0.05) is 32.2 Å². The predicted octanol–water partition coefficient (Wildman–Crippen LogP) is 1.02. The van der Waals surface area contributed by atoms with Gasteiger partial charge in [0.2, 0.25) is 17.6 Å². The third kappa shape index (κ3) is 4.98. The fraction of sp³-hybridized carbons (Fsp3) is 0.381. The van der Waals surface area contributed by atoms with Gasteiger partial charge in [-0.05, 0) is 17.7 Å². The Morgan fingerprint density at radius 1 is 1.20 bits per heavy atom. The van der Waals surface area contributed by atoms with Gasteiger partial charge >= 0.3 is 5.97 Å². The minimum Gasteiger partial charge on any atom is -0.508 e. The summed E-state index contributed by atoms with van der Waals surface area (Å²) < 4.78 is 10.7. The third-order valence-electron chi connectivity index (χ3n) is 5.15. The number of amides is 1. The van der Waals surface area contributed by atoms with E-state index in [-0.39, 0.29) is 17.9 Å². The fourth-order valence-electron chi connectivity index (χ4n) is 3.43. The Morgan fingerprint density at radius 3 is 2.47 bits per heavy atom. The number of ether oxygens (including phenoxy) is 1. The second-order valence-electron chi connectivity index (χ2n) is 7.13. The zero-order valence-electron chi connectivity index (χ0n) is 16.6. The monoisotopic (exact) mass is 416 g/mol. The molecule has 1 aromatic heterocycles. The van der Waals surface area contributed by atoms with E-state index in [1.165, 1.54) is 25.3 Å². The van der Waals surface area contributed by atoms with Gasteiger partial charge in [0.1, 0.15) is 11.5 Å². The van der Waals surface area contributed by atoms with E-state index >= 15 is 0 Å². The summed E-state index contributed by atoms with van der Waals surface area (Å²) in [5, 5.41) is 20.0. The number of aromatic hydroxyl groups is 2. The molecule has 1 aromatic carbocycles. The Balaban J connectivity index is 1.92. The van der Waals surface area contributed by atoms with Crippen molar-refractivity contribution in [1.29, 1.82) is 0 Å². The van der Waals surface area contributed by atoms with E-state index in [0.29, 0.717) is 44.0 Å². The number of carbonyl (C=O) groups is 2. The first-order valence-corrected chi connectivity index (χ1v) is 9.54. The molecular weight excluding hydrogens is 392 g/mol. The van der Waals surface area contributed by atoms with Crippen molar-refractivity contribution in [3.8, 4) is 11.5 Å². The maximum Gasteiger partial charge on any atom is 0.306 e. The fourth-order valence-corrected chi connectivity index (χ4v) is 3.43. The van der Waals surface area contributed by atoms with Crippen LogP contribution in [0.1, 0.15) is 29.4 Å². The highest BCUT2D eigenvalue weighted by Gasteiger charge is 2.27. The van der Waals surface area contributed by atoms with Gasteiger partial charge in [0.25, 0.3) is 0 Å². The average molecular weight is 416 g/mol. The molecule has 30 heavy (non-hydrogen) atoms. The van der Waals surface area contributed by atoms with Crippen molar-refractivity contribution in [2.75, 3.05) is 33.3 Å². The number of methoxy groups -OCH3 is 1. The van der Waals surface area contributed by atoms with E-state index < -0.39 is 23.1 Å². The van der Waals surface area contributed by atoms with E-state index in [9.17, 15) is 24.6 Å². The van der Waals surface area contributed by atoms with Gasteiger partial charge in [-0.1, -0.05) is 12.1 Å². The van der Waals surface area contributed by atoms with Crippen LogP contribution in [-0.4, -0.2) is 65.7 Å². The SMILES string of the molecule is COC(=O)CC(c1ccc(O)cc1)c1oc(CN2CCN(C=O)CC2)cc(=O)c1O. The molecule has 1 unspecified atom stereocenters.